The number of amides is 2. The number of carbonyl (C=O) groups excluding carboxylic acids is 1. The predicted molar refractivity (Wildman–Crippen MR) is 121 cm³/mol. The number of aromatic amines is 1. The SMILES string of the molecule is NCCCCN(c1ccnc(Nc2ccc3c(c2)=NC(=O)N=3)n1)c1cccc2[nH]ncc12. The van der Waals surface area contributed by atoms with E-state index in [-0.39, 0.29) is 0 Å². The average molecular weight is 427 g/mol. The summed E-state index contributed by atoms with van der Waals surface area (Å²) in [4.78, 5) is 30.4. The molecule has 2 aromatic heterocycles. The van der Waals surface area contributed by atoms with Gasteiger partial charge in [-0.2, -0.15) is 20.1 Å². The Morgan fingerprint density at radius 3 is 2.88 bits per heavy atom. The Kier molecular flexibility index (Phi) is 5.26. The Labute approximate surface area is 182 Å². The van der Waals surface area contributed by atoms with Crippen molar-refractivity contribution in [1.29, 1.82) is 0 Å². The van der Waals surface area contributed by atoms with Gasteiger partial charge >= 0.3 is 6.03 Å². The largest absolute Gasteiger partial charge is 0.368 e. The Morgan fingerprint density at radius 1 is 1.06 bits per heavy atom. The Hall–Kier alpha value is -4.18. The van der Waals surface area contributed by atoms with Gasteiger partial charge in [-0.25, -0.2) is 9.78 Å². The van der Waals surface area contributed by atoms with Crippen molar-refractivity contribution in [3.8, 4) is 0 Å². The highest BCUT2D eigenvalue weighted by molar-refractivity contribution is 5.93. The van der Waals surface area contributed by atoms with Gasteiger partial charge in [0, 0.05) is 23.8 Å². The Balaban J connectivity index is 1.48. The maximum atomic E-state index is 11.4. The van der Waals surface area contributed by atoms with Crippen LogP contribution in [0.15, 0.2) is 64.8 Å². The van der Waals surface area contributed by atoms with Gasteiger partial charge in [-0.1, -0.05) is 6.07 Å². The maximum Gasteiger partial charge on any atom is 0.368 e. The first-order valence-electron chi connectivity index (χ1n) is 10.3. The van der Waals surface area contributed by atoms with Crippen LogP contribution in [0.2, 0.25) is 0 Å². The molecule has 0 aliphatic carbocycles. The molecule has 0 atom stereocenters. The molecule has 0 fully saturated rings. The summed E-state index contributed by atoms with van der Waals surface area (Å²) in [6, 6.07) is 12.7. The number of unbranched alkanes of at least 4 members (excludes halogenated alkanes) is 1. The lowest BCUT2D eigenvalue weighted by Gasteiger charge is -2.25. The van der Waals surface area contributed by atoms with Gasteiger partial charge in [0.1, 0.15) is 5.82 Å². The second-order valence-electron chi connectivity index (χ2n) is 7.33. The minimum Gasteiger partial charge on any atom is -0.330 e. The monoisotopic (exact) mass is 427 g/mol. The quantitative estimate of drug-likeness (QED) is 0.367. The number of nitrogens with zero attached hydrogens (tertiary/aromatic N) is 6. The van der Waals surface area contributed by atoms with E-state index in [0.29, 0.717) is 23.2 Å². The Morgan fingerprint density at radius 2 is 1.97 bits per heavy atom. The fraction of sp³-hybridized carbons (Fsp3) is 0.182. The number of carbonyl (C=O) groups is 1. The van der Waals surface area contributed by atoms with Crippen LogP contribution in [0.5, 0.6) is 0 Å². The number of aromatic nitrogens is 4. The van der Waals surface area contributed by atoms with Crippen molar-refractivity contribution in [2.75, 3.05) is 23.3 Å². The molecule has 0 saturated heterocycles. The number of hydrogen-bond acceptors (Lipinski definition) is 7. The summed E-state index contributed by atoms with van der Waals surface area (Å²) in [5.41, 5.74) is 8.41. The molecule has 0 bridgehead atoms. The molecular weight excluding hydrogens is 406 g/mol. The van der Waals surface area contributed by atoms with Crippen LogP contribution in [0.3, 0.4) is 0 Å². The van der Waals surface area contributed by atoms with E-state index in [4.69, 9.17) is 10.7 Å². The third kappa shape index (κ3) is 3.91. The van der Waals surface area contributed by atoms with E-state index < -0.39 is 6.03 Å². The third-order valence-corrected chi connectivity index (χ3v) is 5.17. The minimum absolute atomic E-state index is 0.437. The van der Waals surface area contributed by atoms with E-state index in [9.17, 15) is 4.79 Å². The fourth-order valence-corrected chi connectivity index (χ4v) is 3.67. The predicted octanol–water partition coefficient (Wildman–Crippen LogP) is 2.35. The molecule has 5 rings (SSSR count). The molecule has 2 amide bonds. The number of rotatable bonds is 8. The number of nitrogens with two attached hydrogens (primary N) is 1. The van der Waals surface area contributed by atoms with E-state index >= 15 is 0 Å². The van der Waals surface area contributed by atoms with Crippen LogP contribution in [0.4, 0.5) is 27.9 Å². The van der Waals surface area contributed by atoms with Gasteiger partial charge in [-0.3, -0.25) is 5.10 Å². The summed E-state index contributed by atoms with van der Waals surface area (Å²) in [5, 5.41) is 12.5. The number of benzene rings is 2. The van der Waals surface area contributed by atoms with Crippen molar-refractivity contribution in [2.24, 2.45) is 15.7 Å². The van der Waals surface area contributed by atoms with Crippen molar-refractivity contribution in [2.45, 2.75) is 12.8 Å². The maximum absolute atomic E-state index is 11.4. The molecule has 4 aromatic rings. The van der Waals surface area contributed by atoms with Crippen LogP contribution in [0.1, 0.15) is 12.8 Å². The lowest BCUT2D eigenvalue weighted by Crippen LogP contribution is -2.22. The molecule has 32 heavy (non-hydrogen) atoms. The molecule has 0 unspecified atom stereocenters. The van der Waals surface area contributed by atoms with E-state index in [2.05, 4.69) is 41.4 Å². The zero-order chi connectivity index (χ0) is 21.9. The molecule has 1 aliphatic heterocycles. The van der Waals surface area contributed by atoms with Gasteiger partial charge in [-0.05, 0) is 55.8 Å². The molecule has 3 heterocycles. The van der Waals surface area contributed by atoms with Crippen LogP contribution in [0.25, 0.3) is 10.9 Å². The first-order chi connectivity index (χ1) is 15.7. The van der Waals surface area contributed by atoms with Gasteiger partial charge in [0.25, 0.3) is 0 Å². The lowest BCUT2D eigenvalue weighted by atomic mass is 10.2. The molecule has 160 valence electrons. The Bertz CT molecular complexity index is 1410. The average Bonchev–Trinajstić information content (AvgIpc) is 3.42. The summed E-state index contributed by atoms with van der Waals surface area (Å²) in [7, 11) is 0. The standard InChI is InChI=1S/C22H21N9O/c23-9-1-2-11-31(19-5-3-4-16-15(19)13-25-30-16)20-8-10-24-21(29-20)26-14-6-7-17-18(12-14)28-22(32)27-17/h3-8,10,12-13H,1-2,9,11,23H2,(H,25,30)(H,24,26,29). The molecule has 0 spiro atoms. The second kappa shape index (κ2) is 8.52. The summed E-state index contributed by atoms with van der Waals surface area (Å²) >= 11 is 0. The lowest BCUT2D eigenvalue weighted by molar-refractivity contribution is 0.256. The van der Waals surface area contributed by atoms with Crippen molar-refractivity contribution >= 4 is 40.1 Å². The summed E-state index contributed by atoms with van der Waals surface area (Å²) in [6.07, 6.45) is 5.37. The number of anilines is 4. The highest BCUT2D eigenvalue weighted by Crippen LogP contribution is 2.31. The number of fused-ring (bicyclic) bond motifs is 2. The molecule has 0 saturated carbocycles. The van der Waals surface area contributed by atoms with E-state index in [1.165, 1.54) is 0 Å². The van der Waals surface area contributed by atoms with Crippen molar-refractivity contribution < 1.29 is 4.79 Å². The topological polar surface area (TPSA) is 138 Å². The van der Waals surface area contributed by atoms with E-state index in [0.717, 1.165) is 47.5 Å². The highest BCUT2D eigenvalue weighted by atomic mass is 16.2. The molecule has 10 heteroatoms. The summed E-state index contributed by atoms with van der Waals surface area (Å²) in [6.45, 7) is 1.39. The van der Waals surface area contributed by atoms with Gasteiger partial charge in [0.2, 0.25) is 5.95 Å². The zero-order valence-corrected chi connectivity index (χ0v) is 17.2. The highest BCUT2D eigenvalue weighted by Gasteiger charge is 2.15. The molecule has 10 nitrogen and oxygen atoms in total. The second-order valence-corrected chi connectivity index (χ2v) is 7.33. The van der Waals surface area contributed by atoms with Crippen molar-refractivity contribution in [1.82, 2.24) is 20.2 Å². The van der Waals surface area contributed by atoms with Crippen molar-refractivity contribution in [3.05, 3.63) is 65.6 Å². The summed E-state index contributed by atoms with van der Waals surface area (Å²) in [5.74, 6) is 1.19. The third-order valence-electron chi connectivity index (χ3n) is 5.17. The van der Waals surface area contributed by atoms with Gasteiger partial charge in [-0.15, -0.1) is 0 Å². The molecule has 0 radical (unpaired) electrons. The van der Waals surface area contributed by atoms with Crippen LogP contribution < -0.4 is 26.7 Å². The van der Waals surface area contributed by atoms with Gasteiger partial charge in [0.05, 0.1) is 28.1 Å². The number of urea groups is 1. The van der Waals surface area contributed by atoms with E-state index in [1.807, 2.05) is 30.5 Å². The molecule has 2 aromatic carbocycles. The van der Waals surface area contributed by atoms with Crippen LogP contribution in [-0.4, -0.2) is 39.3 Å². The first-order valence-corrected chi connectivity index (χ1v) is 10.3. The van der Waals surface area contributed by atoms with E-state index in [1.54, 1.807) is 18.3 Å². The number of nitrogens with one attached hydrogen (secondary N) is 2. The minimum atomic E-state index is -0.489. The van der Waals surface area contributed by atoms with Crippen LogP contribution in [-0.2, 0) is 0 Å². The normalized spacial score (nSPS) is 12.3. The molecule has 4 N–H and O–H groups in total. The fourth-order valence-electron chi connectivity index (χ4n) is 3.67. The zero-order valence-electron chi connectivity index (χ0n) is 17.2. The first kappa shape index (κ1) is 19.8. The van der Waals surface area contributed by atoms with Crippen LogP contribution in [0, 0.1) is 0 Å². The van der Waals surface area contributed by atoms with Crippen LogP contribution >= 0.6 is 0 Å². The summed E-state index contributed by atoms with van der Waals surface area (Å²) < 4.78 is 0. The van der Waals surface area contributed by atoms with Gasteiger partial charge < -0.3 is 16.0 Å². The number of hydrogen-bond donors (Lipinski definition) is 3. The van der Waals surface area contributed by atoms with Gasteiger partial charge in [0.15, 0.2) is 0 Å². The smallest absolute Gasteiger partial charge is 0.330 e. The number of H-pyrrole nitrogens is 1. The molecule has 1 aliphatic rings. The van der Waals surface area contributed by atoms with Crippen molar-refractivity contribution in [3.63, 3.8) is 0 Å². The molecular formula is C22H21N9O.